The summed E-state index contributed by atoms with van der Waals surface area (Å²) >= 11 is 3.70. The van der Waals surface area contributed by atoms with Gasteiger partial charge in [0.2, 0.25) is 0 Å². The Kier molecular flexibility index (Phi) is 6.67. The van der Waals surface area contributed by atoms with Gasteiger partial charge in [-0.3, -0.25) is 0 Å². The summed E-state index contributed by atoms with van der Waals surface area (Å²) in [7, 11) is 2.33. The molecule has 0 aromatic heterocycles. The van der Waals surface area contributed by atoms with Crippen LogP contribution in [0.4, 0.5) is 0 Å². The monoisotopic (exact) mass is 317 g/mol. The molecule has 2 heteroatoms. The van der Waals surface area contributed by atoms with Gasteiger partial charge in [-0.25, -0.2) is 0 Å². The lowest BCUT2D eigenvalue weighted by Crippen LogP contribution is -2.41. The van der Waals surface area contributed by atoms with Gasteiger partial charge in [0.05, 0.1) is 0 Å². The van der Waals surface area contributed by atoms with Crippen molar-refractivity contribution in [3.05, 3.63) is 0 Å². The van der Waals surface area contributed by atoms with Crippen molar-refractivity contribution in [2.24, 2.45) is 17.3 Å². The summed E-state index contributed by atoms with van der Waals surface area (Å²) in [6.07, 6.45) is 7.09. The average Bonchev–Trinajstić information content (AvgIpc) is 2.34. The second-order valence-corrected chi connectivity index (χ2v) is 7.89. The molecule has 1 unspecified atom stereocenters. The molecule has 0 spiro atoms. The Balaban J connectivity index is 2.43. The Bertz CT molecular complexity index is 226. The summed E-state index contributed by atoms with van der Waals surface area (Å²) in [5.41, 5.74) is 0.401. The first kappa shape index (κ1) is 16.5. The fraction of sp³-hybridized carbons (Fsp3) is 1.00. The molecular weight excluding hydrogens is 286 g/mol. The highest BCUT2D eigenvalue weighted by Crippen LogP contribution is 2.32. The third kappa shape index (κ3) is 4.85. The van der Waals surface area contributed by atoms with Gasteiger partial charge in [-0.2, -0.15) is 0 Å². The van der Waals surface area contributed by atoms with Crippen LogP contribution in [0.2, 0.25) is 0 Å². The molecule has 0 aliphatic heterocycles. The Morgan fingerprint density at radius 3 is 2.11 bits per heavy atom. The second kappa shape index (κ2) is 7.28. The molecule has 0 N–H and O–H groups in total. The van der Waals surface area contributed by atoms with Crippen molar-refractivity contribution < 1.29 is 0 Å². The molecule has 1 saturated carbocycles. The van der Waals surface area contributed by atoms with Gasteiger partial charge in [-0.1, -0.05) is 50.0 Å². The van der Waals surface area contributed by atoms with Crippen LogP contribution >= 0.6 is 15.9 Å². The van der Waals surface area contributed by atoms with Gasteiger partial charge >= 0.3 is 0 Å². The first-order valence-corrected chi connectivity index (χ1v) is 8.76. The van der Waals surface area contributed by atoms with Crippen molar-refractivity contribution in [3.8, 4) is 0 Å². The van der Waals surface area contributed by atoms with Gasteiger partial charge < -0.3 is 4.90 Å². The maximum Gasteiger partial charge on any atom is 0.00925 e. The molecule has 1 fully saturated rings. The SMILES string of the molecule is CCC1CCC(N(C)CC(CBr)C(C)(C)C)CC1. The zero-order chi connectivity index (χ0) is 13.8. The molecule has 1 nitrogen and oxygen atoms in total. The van der Waals surface area contributed by atoms with E-state index in [0.717, 1.165) is 23.2 Å². The Hall–Kier alpha value is 0.440. The van der Waals surface area contributed by atoms with E-state index in [1.165, 1.54) is 38.6 Å². The van der Waals surface area contributed by atoms with Crippen LogP contribution in [-0.4, -0.2) is 29.9 Å². The van der Waals surface area contributed by atoms with Crippen LogP contribution < -0.4 is 0 Å². The lowest BCUT2D eigenvalue weighted by Gasteiger charge is -2.39. The maximum atomic E-state index is 3.70. The minimum atomic E-state index is 0.401. The van der Waals surface area contributed by atoms with Crippen LogP contribution in [0.15, 0.2) is 0 Å². The number of rotatable bonds is 5. The van der Waals surface area contributed by atoms with E-state index < -0.39 is 0 Å². The molecule has 0 radical (unpaired) electrons. The molecule has 1 rings (SSSR count). The lowest BCUT2D eigenvalue weighted by molar-refractivity contribution is 0.116. The average molecular weight is 318 g/mol. The van der Waals surface area contributed by atoms with Crippen LogP contribution in [0, 0.1) is 17.3 Å². The number of halogens is 1. The van der Waals surface area contributed by atoms with E-state index in [1.54, 1.807) is 0 Å². The fourth-order valence-electron chi connectivity index (χ4n) is 3.04. The predicted molar refractivity (Wildman–Crippen MR) is 85.4 cm³/mol. The maximum absolute atomic E-state index is 3.70. The molecule has 18 heavy (non-hydrogen) atoms. The number of hydrogen-bond donors (Lipinski definition) is 0. The minimum absolute atomic E-state index is 0.401. The van der Waals surface area contributed by atoms with E-state index in [9.17, 15) is 0 Å². The van der Waals surface area contributed by atoms with Crippen LogP contribution in [0.25, 0.3) is 0 Å². The quantitative estimate of drug-likeness (QED) is 0.649. The van der Waals surface area contributed by atoms with E-state index in [-0.39, 0.29) is 0 Å². The molecule has 108 valence electrons. The summed E-state index contributed by atoms with van der Waals surface area (Å²) in [6, 6.07) is 0.830. The zero-order valence-electron chi connectivity index (χ0n) is 13.0. The number of hydrogen-bond acceptors (Lipinski definition) is 1. The van der Waals surface area contributed by atoms with Crippen molar-refractivity contribution in [2.45, 2.75) is 65.8 Å². The lowest BCUT2D eigenvalue weighted by atomic mass is 9.80. The highest BCUT2D eigenvalue weighted by molar-refractivity contribution is 9.09. The highest BCUT2D eigenvalue weighted by atomic mass is 79.9. The van der Waals surface area contributed by atoms with Crippen molar-refractivity contribution in [2.75, 3.05) is 18.9 Å². The normalized spacial score (nSPS) is 27.5. The predicted octanol–water partition coefficient (Wildman–Crippen LogP) is 4.94. The summed E-state index contributed by atoms with van der Waals surface area (Å²) in [4.78, 5) is 2.63. The van der Waals surface area contributed by atoms with Gasteiger partial charge in [0, 0.05) is 17.9 Å². The van der Waals surface area contributed by atoms with Crippen LogP contribution in [-0.2, 0) is 0 Å². The molecule has 0 aromatic carbocycles. The molecule has 0 bridgehead atoms. The largest absolute Gasteiger partial charge is 0.303 e. The van der Waals surface area contributed by atoms with Gasteiger partial charge in [-0.15, -0.1) is 0 Å². The number of alkyl halides is 1. The second-order valence-electron chi connectivity index (χ2n) is 7.24. The number of nitrogens with zero attached hydrogens (tertiary/aromatic N) is 1. The van der Waals surface area contributed by atoms with E-state index >= 15 is 0 Å². The molecule has 1 aliphatic rings. The Morgan fingerprint density at radius 2 is 1.72 bits per heavy atom. The smallest absolute Gasteiger partial charge is 0.00925 e. The van der Waals surface area contributed by atoms with Crippen LogP contribution in [0.1, 0.15) is 59.8 Å². The molecular formula is C16H32BrN. The third-order valence-electron chi connectivity index (χ3n) is 4.94. The molecule has 0 aromatic rings. The summed E-state index contributed by atoms with van der Waals surface area (Å²) < 4.78 is 0. The third-order valence-corrected chi connectivity index (χ3v) is 5.72. The summed E-state index contributed by atoms with van der Waals surface area (Å²) in [6.45, 7) is 10.7. The van der Waals surface area contributed by atoms with Crippen LogP contribution in [0.3, 0.4) is 0 Å². The summed E-state index contributed by atoms with van der Waals surface area (Å²) in [5, 5.41) is 1.12. The van der Waals surface area contributed by atoms with Gasteiger partial charge in [0.15, 0.2) is 0 Å². The topological polar surface area (TPSA) is 3.24 Å². The van der Waals surface area contributed by atoms with Crippen molar-refractivity contribution in [1.29, 1.82) is 0 Å². The van der Waals surface area contributed by atoms with E-state index in [2.05, 4.69) is 55.6 Å². The first-order valence-electron chi connectivity index (χ1n) is 7.64. The van der Waals surface area contributed by atoms with Gasteiger partial charge in [0.25, 0.3) is 0 Å². The molecule has 1 aliphatic carbocycles. The molecule has 0 heterocycles. The molecule has 0 saturated heterocycles. The van der Waals surface area contributed by atoms with Gasteiger partial charge in [0.1, 0.15) is 0 Å². The molecule has 1 atom stereocenters. The van der Waals surface area contributed by atoms with E-state index in [4.69, 9.17) is 0 Å². The minimum Gasteiger partial charge on any atom is -0.303 e. The molecule has 0 amide bonds. The van der Waals surface area contributed by atoms with Crippen LogP contribution in [0.5, 0.6) is 0 Å². The first-order chi connectivity index (χ1) is 8.38. The van der Waals surface area contributed by atoms with Crippen molar-refractivity contribution in [3.63, 3.8) is 0 Å². The van der Waals surface area contributed by atoms with Crippen molar-refractivity contribution >= 4 is 15.9 Å². The standard InChI is InChI=1S/C16H32BrN/c1-6-13-7-9-15(10-8-13)18(5)12-14(11-17)16(2,3)4/h13-15H,6-12H2,1-5H3. The Labute approximate surface area is 123 Å². The Morgan fingerprint density at radius 1 is 1.17 bits per heavy atom. The van der Waals surface area contributed by atoms with E-state index in [1.807, 2.05) is 0 Å². The summed E-state index contributed by atoms with van der Waals surface area (Å²) in [5.74, 6) is 1.75. The van der Waals surface area contributed by atoms with Crippen molar-refractivity contribution in [1.82, 2.24) is 4.90 Å². The highest BCUT2D eigenvalue weighted by Gasteiger charge is 2.28. The van der Waals surface area contributed by atoms with E-state index in [0.29, 0.717) is 5.41 Å². The zero-order valence-corrected chi connectivity index (χ0v) is 14.6. The van der Waals surface area contributed by atoms with Gasteiger partial charge in [-0.05, 0) is 50.0 Å². The fourth-order valence-corrected chi connectivity index (χ4v) is 4.22.